The van der Waals surface area contributed by atoms with Crippen LogP contribution in [0.4, 0.5) is 0 Å². The molecule has 1 rings (SSSR count). The van der Waals surface area contributed by atoms with E-state index in [0.29, 0.717) is 6.08 Å². The van der Waals surface area contributed by atoms with Gasteiger partial charge in [0.15, 0.2) is 0 Å². The normalized spacial score (nSPS) is 11.1. The number of carbonyl (C=O) groups is 4. The minimum atomic E-state index is -1.27. The molecule has 1 aromatic rings. The van der Waals surface area contributed by atoms with Crippen molar-refractivity contribution in [2.75, 3.05) is 13.2 Å². The molecule has 0 saturated heterocycles. The molecule has 2 N–H and O–H groups in total. The summed E-state index contributed by atoms with van der Waals surface area (Å²) in [6.07, 6.45) is 1.44. The number of aromatic carboxylic acids is 1. The predicted molar refractivity (Wildman–Crippen MR) is 85.2 cm³/mol. The SMILES string of the molecule is CC(C)(COC(=O)C=CC(=O)O)COC(=O)c1cccc(C(=O)O)c1. The number of esters is 2. The minimum Gasteiger partial charge on any atom is -0.478 e. The van der Waals surface area contributed by atoms with Gasteiger partial charge in [-0.15, -0.1) is 0 Å². The smallest absolute Gasteiger partial charge is 0.338 e. The standard InChI is InChI=1S/C17H18O8/c1-17(2,9-24-14(20)7-6-13(18)19)10-25-16(23)12-5-3-4-11(8-12)15(21)22/h3-8H,9-10H2,1-2H3,(H,18,19)(H,21,22). The fourth-order valence-corrected chi connectivity index (χ4v) is 1.62. The third-order valence-electron chi connectivity index (χ3n) is 2.91. The highest BCUT2D eigenvalue weighted by Crippen LogP contribution is 2.17. The Bertz CT molecular complexity index is 702. The van der Waals surface area contributed by atoms with Crippen LogP contribution in [0.5, 0.6) is 0 Å². The van der Waals surface area contributed by atoms with E-state index in [2.05, 4.69) is 0 Å². The van der Waals surface area contributed by atoms with Crippen molar-refractivity contribution in [1.82, 2.24) is 0 Å². The van der Waals surface area contributed by atoms with Gasteiger partial charge in [0, 0.05) is 17.6 Å². The van der Waals surface area contributed by atoms with Gasteiger partial charge in [-0.1, -0.05) is 19.9 Å². The molecule has 0 amide bonds. The van der Waals surface area contributed by atoms with E-state index in [1.165, 1.54) is 24.3 Å². The Morgan fingerprint density at radius 3 is 2.20 bits per heavy atom. The maximum atomic E-state index is 12.0. The van der Waals surface area contributed by atoms with E-state index >= 15 is 0 Å². The van der Waals surface area contributed by atoms with Gasteiger partial charge in [-0.05, 0) is 18.2 Å². The van der Waals surface area contributed by atoms with Crippen LogP contribution in [0.25, 0.3) is 0 Å². The molecule has 0 bridgehead atoms. The summed E-state index contributed by atoms with van der Waals surface area (Å²) >= 11 is 0. The first-order chi connectivity index (χ1) is 11.6. The molecule has 134 valence electrons. The zero-order valence-electron chi connectivity index (χ0n) is 13.7. The van der Waals surface area contributed by atoms with Crippen molar-refractivity contribution >= 4 is 23.9 Å². The van der Waals surface area contributed by atoms with E-state index in [1.807, 2.05) is 0 Å². The van der Waals surface area contributed by atoms with Crippen molar-refractivity contribution in [3.05, 3.63) is 47.5 Å². The summed E-state index contributed by atoms with van der Waals surface area (Å²) in [4.78, 5) is 44.5. The Hall–Kier alpha value is -3.16. The van der Waals surface area contributed by atoms with Crippen LogP contribution in [-0.2, 0) is 19.1 Å². The number of hydrogen-bond acceptors (Lipinski definition) is 6. The summed E-state index contributed by atoms with van der Waals surface area (Å²) in [5.74, 6) is -3.95. The number of hydrogen-bond donors (Lipinski definition) is 2. The summed E-state index contributed by atoms with van der Waals surface area (Å²) in [5.41, 5.74) is -0.655. The van der Waals surface area contributed by atoms with Crippen LogP contribution >= 0.6 is 0 Å². The van der Waals surface area contributed by atoms with Crippen LogP contribution in [0.2, 0.25) is 0 Å². The largest absolute Gasteiger partial charge is 0.478 e. The number of carboxylic acid groups (broad SMARTS) is 2. The molecule has 0 spiro atoms. The van der Waals surface area contributed by atoms with Gasteiger partial charge in [-0.3, -0.25) is 0 Å². The zero-order valence-corrected chi connectivity index (χ0v) is 13.7. The van der Waals surface area contributed by atoms with E-state index in [0.717, 1.165) is 6.08 Å². The van der Waals surface area contributed by atoms with Crippen molar-refractivity contribution in [1.29, 1.82) is 0 Å². The van der Waals surface area contributed by atoms with Crippen LogP contribution in [0.1, 0.15) is 34.6 Å². The fourth-order valence-electron chi connectivity index (χ4n) is 1.62. The first-order valence-corrected chi connectivity index (χ1v) is 7.19. The van der Waals surface area contributed by atoms with Crippen LogP contribution < -0.4 is 0 Å². The summed E-state index contributed by atoms with van der Waals surface area (Å²) in [6, 6.07) is 5.42. The summed E-state index contributed by atoms with van der Waals surface area (Å²) < 4.78 is 10.0. The molecule has 1 aromatic carbocycles. The molecule has 0 unspecified atom stereocenters. The maximum absolute atomic E-state index is 12.0. The fraction of sp³-hybridized carbons (Fsp3) is 0.294. The van der Waals surface area contributed by atoms with Crippen molar-refractivity contribution < 1.29 is 38.9 Å². The molecule has 0 atom stereocenters. The summed E-state index contributed by atoms with van der Waals surface area (Å²) in [5, 5.41) is 17.3. The summed E-state index contributed by atoms with van der Waals surface area (Å²) in [7, 11) is 0. The first-order valence-electron chi connectivity index (χ1n) is 7.19. The number of rotatable bonds is 8. The lowest BCUT2D eigenvalue weighted by molar-refractivity contribution is -0.142. The van der Waals surface area contributed by atoms with E-state index < -0.39 is 29.3 Å². The number of carboxylic acids is 2. The number of ether oxygens (including phenoxy) is 2. The Morgan fingerprint density at radius 2 is 1.60 bits per heavy atom. The Labute approximate surface area is 143 Å². The van der Waals surface area contributed by atoms with Crippen molar-refractivity contribution in [3.63, 3.8) is 0 Å². The highest BCUT2D eigenvalue weighted by Gasteiger charge is 2.23. The summed E-state index contributed by atoms with van der Waals surface area (Å²) in [6.45, 7) is 3.18. The first kappa shape index (κ1) is 19.9. The minimum absolute atomic E-state index is 0.0344. The van der Waals surface area contributed by atoms with E-state index in [-0.39, 0.29) is 24.3 Å². The third kappa shape index (κ3) is 7.30. The van der Waals surface area contributed by atoms with Gasteiger partial charge in [-0.2, -0.15) is 0 Å². The third-order valence-corrected chi connectivity index (χ3v) is 2.91. The van der Waals surface area contributed by atoms with Gasteiger partial charge >= 0.3 is 23.9 Å². The van der Waals surface area contributed by atoms with Gasteiger partial charge < -0.3 is 19.7 Å². The number of aliphatic carboxylic acids is 1. The molecule has 0 aromatic heterocycles. The van der Waals surface area contributed by atoms with Crippen molar-refractivity contribution in [3.8, 4) is 0 Å². The molecular formula is C17H18O8. The van der Waals surface area contributed by atoms with Crippen LogP contribution in [0.15, 0.2) is 36.4 Å². The van der Waals surface area contributed by atoms with Crippen LogP contribution in [0.3, 0.4) is 0 Å². The van der Waals surface area contributed by atoms with Gasteiger partial charge in [0.05, 0.1) is 24.3 Å². The lowest BCUT2D eigenvalue weighted by Gasteiger charge is -2.23. The lowest BCUT2D eigenvalue weighted by atomic mass is 9.96. The topological polar surface area (TPSA) is 127 Å². The highest BCUT2D eigenvalue weighted by molar-refractivity contribution is 5.94. The Kier molecular flexibility index (Phi) is 6.86. The maximum Gasteiger partial charge on any atom is 0.338 e. The molecule has 0 fully saturated rings. The number of carbonyl (C=O) groups excluding carboxylic acids is 2. The quantitative estimate of drug-likeness (QED) is 0.536. The monoisotopic (exact) mass is 350 g/mol. The molecule has 0 radical (unpaired) electrons. The lowest BCUT2D eigenvalue weighted by Crippen LogP contribution is -2.28. The van der Waals surface area contributed by atoms with Crippen LogP contribution in [-0.4, -0.2) is 47.3 Å². The molecular weight excluding hydrogens is 332 g/mol. The van der Waals surface area contributed by atoms with Crippen molar-refractivity contribution in [2.45, 2.75) is 13.8 Å². The van der Waals surface area contributed by atoms with Gasteiger partial charge in [0.25, 0.3) is 0 Å². The second kappa shape index (κ2) is 8.62. The Morgan fingerprint density at radius 1 is 1.00 bits per heavy atom. The van der Waals surface area contributed by atoms with E-state index in [4.69, 9.17) is 19.7 Å². The molecule has 25 heavy (non-hydrogen) atoms. The second-order valence-electron chi connectivity index (χ2n) is 5.91. The second-order valence-corrected chi connectivity index (χ2v) is 5.91. The zero-order chi connectivity index (χ0) is 19.0. The Balaban J connectivity index is 2.56. The van der Waals surface area contributed by atoms with Crippen LogP contribution in [0, 0.1) is 5.41 Å². The predicted octanol–water partition coefficient (Wildman–Crippen LogP) is 1.75. The van der Waals surface area contributed by atoms with Crippen molar-refractivity contribution in [2.24, 2.45) is 5.41 Å². The average molecular weight is 350 g/mol. The van der Waals surface area contributed by atoms with E-state index in [9.17, 15) is 19.2 Å². The molecule has 0 saturated carbocycles. The molecule has 0 aliphatic rings. The van der Waals surface area contributed by atoms with E-state index in [1.54, 1.807) is 13.8 Å². The van der Waals surface area contributed by atoms with Gasteiger partial charge in [-0.25, -0.2) is 19.2 Å². The molecule has 8 nitrogen and oxygen atoms in total. The molecule has 0 aliphatic carbocycles. The highest BCUT2D eigenvalue weighted by atomic mass is 16.5. The molecule has 8 heteroatoms. The molecule has 0 aliphatic heterocycles. The molecule has 0 heterocycles. The average Bonchev–Trinajstić information content (AvgIpc) is 2.56. The van der Waals surface area contributed by atoms with Gasteiger partial charge in [0.1, 0.15) is 0 Å². The van der Waals surface area contributed by atoms with Gasteiger partial charge in [0.2, 0.25) is 0 Å². The number of benzene rings is 1.